The first kappa shape index (κ1) is 17.2. The fourth-order valence-electron chi connectivity index (χ4n) is 3.03. The van der Waals surface area contributed by atoms with Gasteiger partial charge in [0.05, 0.1) is 12.5 Å². The Morgan fingerprint density at radius 3 is 2.76 bits per heavy atom. The van der Waals surface area contributed by atoms with Crippen LogP contribution in [0.3, 0.4) is 0 Å². The number of H-pyrrole nitrogens is 1. The van der Waals surface area contributed by atoms with Gasteiger partial charge in [0.25, 0.3) is 0 Å². The lowest BCUT2D eigenvalue weighted by molar-refractivity contribution is -0.121. The first-order valence-corrected chi connectivity index (χ1v) is 8.38. The molecule has 0 radical (unpaired) electrons. The summed E-state index contributed by atoms with van der Waals surface area (Å²) in [6, 6.07) is 14.1. The molecule has 3 N–H and O–H groups in total. The fraction of sp³-hybridized carbons (Fsp3) is 0.250. The third-order valence-corrected chi connectivity index (χ3v) is 4.27. The van der Waals surface area contributed by atoms with Crippen LogP contribution < -0.4 is 5.32 Å². The summed E-state index contributed by atoms with van der Waals surface area (Å²) >= 11 is 0. The number of carbonyl (C=O) groups is 1. The number of aliphatic hydroxyl groups is 1. The van der Waals surface area contributed by atoms with Crippen molar-refractivity contribution >= 4 is 16.8 Å². The van der Waals surface area contributed by atoms with Crippen LogP contribution in [0.2, 0.25) is 0 Å². The van der Waals surface area contributed by atoms with E-state index in [1.807, 2.05) is 30.3 Å². The largest absolute Gasteiger partial charge is 0.396 e. The Morgan fingerprint density at radius 2 is 2.00 bits per heavy atom. The maximum absolute atomic E-state index is 13.3. The Hall–Kier alpha value is -2.66. The molecule has 0 bridgehead atoms. The van der Waals surface area contributed by atoms with Crippen molar-refractivity contribution in [3.8, 4) is 0 Å². The highest BCUT2D eigenvalue weighted by atomic mass is 19.1. The summed E-state index contributed by atoms with van der Waals surface area (Å²) in [6.45, 7) is 0.0905. The lowest BCUT2D eigenvalue weighted by Crippen LogP contribution is -2.30. The quantitative estimate of drug-likeness (QED) is 0.616. The second-order valence-electron chi connectivity index (χ2n) is 6.08. The predicted octanol–water partition coefficient (Wildman–Crippen LogP) is 3.48. The van der Waals surface area contributed by atoms with Gasteiger partial charge >= 0.3 is 0 Å². The highest BCUT2D eigenvalue weighted by molar-refractivity contribution is 5.89. The minimum absolute atomic E-state index is 0.0905. The zero-order valence-electron chi connectivity index (χ0n) is 13.8. The molecule has 1 unspecified atom stereocenters. The molecule has 0 saturated carbocycles. The Kier molecular flexibility index (Phi) is 5.46. The summed E-state index contributed by atoms with van der Waals surface area (Å²) in [7, 11) is 0. The van der Waals surface area contributed by atoms with E-state index in [2.05, 4.69) is 10.3 Å². The third-order valence-electron chi connectivity index (χ3n) is 4.27. The van der Waals surface area contributed by atoms with Crippen molar-refractivity contribution in [3.05, 3.63) is 71.7 Å². The van der Waals surface area contributed by atoms with Crippen LogP contribution in [0.1, 0.15) is 30.0 Å². The number of carbonyl (C=O) groups excluding carboxylic acids is 1. The van der Waals surface area contributed by atoms with Gasteiger partial charge < -0.3 is 15.4 Å². The normalized spacial score (nSPS) is 12.2. The van der Waals surface area contributed by atoms with Crippen LogP contribution in [0, 0.1) is 5.82 Å². The molecule has 4 nitrogen and oxygen atoms in total. The number of nitrogens with one attached hydrogen (secondary N) is 2. The van der Waals surface area contributed by atoms with E-state index in [9.17, 15) is 9.18 Å². The molecule has 3 aromatic rings. The summed E-state index contributed by atoms with van der Waals surface area (Å²) in [5.74, 6) is -0.407. The van der Waals surface area contributed by atoms with Gasteiger partial charge in [-0.2, -0.15) is 0 Å². The molecule has 0 aliphatic carbocycles. The van der Waals surface area contributed by atoms with Gasteiger partial charge in [0, 0.05) is 23.7 Å². The molecular formula is C20H21FN2O2. The van der Waals surface area contributed by atoms with Crippen LogP contribution in [0.4, 0.5) is 4.39 Å². The van der Waals surface area contributed by atoms with Crippen LogP contribution in [0.5, 0.6) is 0 Å². The Bertz CT molecular complexity index is 845. The molecule has 130 valence electrons. The van der Waals surface area contributed by atoms with Crippen molar-refractivity contribution in [2.45, 2.75) is 25.3 Å². The molecule has 0 saturated heterocycles. The lowest BCUT2D eigenvalue weighted by Gasteiger charge is -2.19. The van der Waals surface area contributed by atoms with E-state index in [-0.39, 0.29) is 30.8 Å². The Morgan fingerprint density at radius 1 is 1.20 bits per heavy atom. The molecule has 0 fully saturated rings. The zero-order chi connectivity index (χ0) is 17.6. The highest BCUT2D eigenvalue weighted by Crippen LogP contribution is 2.21. The fourth-order valence-corrected chi connectivity index (χ4v) is 3.03. The average molecular weight is 340 g/mol. The number of halogens is 1. The standard InChI is InChI=1S/C20H21FN2O2/c21-16-8-9-17-15(13-22-19(17)12-16)11-20(25)23-18(7-4-10-24)14-5-2-1-3-6-14/h1-3,5-6,8-9,12-13,18,22,24H,4,7,10-11H2,(H,23,25). The number of benzene rings is 2. The van der Waals surface area contributed by atoms with E-state index >= 15 is 0 Å². The molecule has 0 aliphatic heterocycles. The number of hydrogen-bond donors (Lipinski definition) is 3. The summed E-state index contributed by atoms with van der Waals surface area (Å²) < 4.78 is 13.3. The maximum atomic E-state index is 13.3. The topological polar surface area (TPSA) is 65.1 Å². The smallest absolute Gasteiger partial charge is 0.224 e. The van der Waals surface area contributed by atoms with E-state index in [4.69, 9.17) is 5.11 Å². The number of rotatable bonds is 7. The second kappa shape index (κ2) is 7.94. The van der Waals surface area contributed by atoms with Crippen LogP contribution >= 0.6 is 0 Å². The number of aromatic nitrogens is 1. The van der Waals surface area contributed by atoms with Gasteiger partial charge in [0.15, 0.2) is 0 Å². The average Bonchev–Trinajstić information content (AvgIpc) is 3.01. The molecule has 3 rings (SSSR count). The Balaban J connectivity index is 1.72. The summed E-state index contributed by atoms with van der Waals surface area (Å²) in [4.78, 5) is 15.5. The van der Waals surface area contributed by atoms with E-state index in [0.29, 0.717) is 18.4 Å². The van der Waals surface area contributed by atoms with Crippen molar-refractivity contribution in [2.24, 2.45) is 0 Å². The van der Waals surface area contributed by atoms with E-state index in [0.717, 1.165) is 16.5 Å². The van der Waals surface area contributed by atoms with E-state index in [1.54, 1.807) is 12.3 Å². The van der Waals surface area contributed by atoms with Gasteiger partial charge in [-0.3, -0.25) is 4.79 Å². The summed E-state index contributed by atoms with van der Waals surface area (Å²) in [5, 5.41) is 13.0. The zero-order valence-corrected chi connectivity index (χ0v) is 13.8. The van der Waals surface area contributed by atoms with Crippen LogP contribution in [-0.2, 0) is 11.2 Å². The third kappa shape index (κ3) is 4.25. The van der Waals surface area contributed by atoms with Gasteiger partial charge in [-0.05, 0) is 42.2 Å². The lowest BCUT2D eigenvalue weighted by atomic mass is 10.0. The number of amides is 1. The number of aromatic amines is 1. The number of aliphatic hydroxyl groups excluding tert-OH is 1. The summed E-state index contributed by atoms with van der Waals surface area (Å²) in [6.07, 6.45) is 3.25. The second-order valence-corrected chi connectivity index (χ2v) is 6.08. The molecular weight excluding hydrogens is 319 g/mol. The van der Waals surface area contributed by atoms with Crippen molar-refractivity contribution < 1.29 is 14.3 Å². The van der Waals surface area contributed by atoms with Gasteiger partial charge in [0.1, 0.15) is 5.82 Å². The minimum Gasteiger partial charge on any atom is -0.396 e. The molecule has 5 heteroatoms. The molecule has 0 aliphatic rings. The monoisotopic (exact) mass is 340 g/mol. The molecule has 2 aromatic carbocycles. The van der Waals surface area contributed by atoms with Gasteiger partial charge in [-0.25, -0.2) is 4.39 Å². The van der Waals surface area contributed by atoms with Gasteiger partial charge in [-0.15, -0.1) is 0 Å². The first-order valence-electron chi connectivity index (χ1n) is 8.38. The van der Waals surface area contributed by atoms with Crippen molar-refractivity contribution in [3.63, 3.8) is 0 Å². The highest BCUT2D eigenvalue weighted by Gasteiger charge is 2.16. The maximum Gasteiger partial charge on any atom is 0.224 e. The molecule has 1 aromatic heterocycles. The molecule has 1 heterocycles. The molecule has 1 amide bonds. The molecule has 1 atom stereocenters. The summed E-state index contributed by atoms with van der Waals surface area (Å²) in [5.41, 5.74) is 2.54. The van der Waals surface area contributed by atoms with Crippen LogP contribution in [0.25, 0.3) is 10.9 Å². The van der Waals surface area contributed by atoms with Crippen LogP contribution in [0.15, 0.2) is 54.7 Å². The molecule has 25 heavy (non-hydrogen) atoms. The Labute approximate surface area is 145 Å². The number of hydrogen-bond acceptors (Lipinski definition) is 2. The van der Waals surface area contributed by atoms with Gasteiger partial charge in [-0.1, -0.05) is 30.3 Å². The molecule has 0 spiro atoms. The van der Waals surface area contributed by atoms with Gasteiger partial charge in [0.2, 0.25) is 5.91 Å². The van der Waals surface area contributed by atoms with Crippen molar-refractivity contribution in [1.29, 1.82) is 0 Å². The van der Waals surface area contributed by atoms with Crippen molar-refractivity contribution in [1.82, 2.24) is 10.3 Å². The number of fused-ring (bicyclic) bond motifs is 1. The predicted molar refractivity (Wildman–Crippen MR) is 95.6 cm³/mol. The van der Waals surface area contributed by atoms with Crippen molar-refractivity contribution in [2.75, 3.05) is 6.61 Å². The SMILES string of the molecule is O=C(Cc1c[nH]c2cc(F)ccc12)NC(CCCO)c1ccccc1. The van der Waals surface area contributed by atoms with Crippen LogP contribution in [-0.4, -0.2) is 22.6 Å². The van der Waals surface area contributed by atoms with E-state index in [1.165, 1.54) is 12.1 Å². The van der Waals surface area contributed by atoms with E-state index < -0.39 is 0 Å². The first-order chi connectivity index (χ1) is 12.2. The minimum atomic E-state index is -0.307.